The maximum absolute atomic E-state index is 12.1. The van der Waals surface area contributed by atoms with Crippen molar-refractivity contribution < 1.29 is 9.59 Å². The number of thioether (sulfide) groups is 2. The third-order valence-electron chi connectivity index (χ3n) is 3.00. The molecular formula is C14H22N4O2S3. The highest BCUT2D eigenvalue weighted by molar-refractivity contribution is 8.03. The minimum atomic E-state index is -0.0864. The summed E-state index contributed by atoms with van der Waals surface area (Å²) < 4.78 is 1.73. The number of nitrogens with one attached hydrogen (secondary N) is 1. The van der Waals surface area contributed by atoms with Crippen molar-refractivity contribution in [1.82, 2.24) is 20.4 Å². The molecule has 0 saturated heterocycles. The van der Waals surface area contributed by atoms with Gasteiger partial charge in [0.25, 0.3) is 0 Å². The minimum absolute atomic E-state index is 0.0764. The van der Waals surface area contributed by atoms with Crippen LogP contribution < -0.4 is 5.32 Å². The first-order valence-electron chi connectivity index (χ1n) is 7.56. The topological polar surface area (TPSA) is 75.2 Å². The third kappa shape index (κ3) is 7.09. The number of aromatic nitrogens is 2. The van der Waals surface area contributed by atoms with Gasteiger partial charge in [-0.1, -0.05) is 48.7 Å². The SMILES string of the molecule is CC(C)CSc1nnc(SCC(=O)N(C)CC(=O)NC2CC2)s1. The largest absolute Gasteiger partial charge is 0.352 e. The van der Waals surface area contributed by atoms with Crippen molar-refractivity contribution in [2.75, 3.05) is 25.1 Å². The van der Waals surface area contributed by atoms with Gasteiger partial charge in [0.05, 0.1) is 12.3 Å². The van der Waals surface area contributed by atoms with Gasteiger partial charge in [0.15, 0.2) is 8.68 Å². The van der Waals surface area contributed by atoms with E-state index in [0.717, 1.165) is 27.3 Å². The molecule has 1 aliphatic carbocycles. The molecule has 2 amide bonds. The van der Waals surface area contributed by atoms with Crippen LogP contribution in [0.3, 0.4) is 0 Å². The second-order valence-corrected chi connectivity index (χ2v) is 9.39. The first kappa shape index (κ1) is 18.5. The second-order valence-electron chi connectivity index (χ2n) is 5.92. The molecule has 9 heteroatoms. The first-order valence-corrected chi connectivity index (χ1v) is 10.3. The average Bonchev–Trinajstić information content (AvgIpc) is 3.17. The van der Waals surface area contributed by atoms with Crippen LogP contribution in [0.15, 0.2) is 8.68 Å². The van der Waals surface area contributed by atoms with E-state index in [1.165, 1.54) is 28.0 Å². The normalized spacial score (nSPS) is 14.1. The molecule has 0 spiro atoms. The van der Waals surface area contributed by atoms with Crippen LogP contribution >= 0.6 is 34.9 Å². The molecule has 0 atom stereocenters. The van der Waals surface area contributed by atoms with Crippen molar-refractivity contribution in [3.63, 3.8) is 0 Å². The van der Waals surface area contributed by atoms with Crippen LogP contribution in [0.2, 0.25) is 0 Å². The van der Waals surface area contributed by atoms with Gasteiger partial charge in [-0.15, -0.1) is 10.2 Å². The van der Waals surface area contributed by atoms with Crippen molar-refractivity contribution in [2.24, 2.45) is 5.92 Å². The van der Waals surface area contributed by atoms with E-state index < -0.39 is 0 Å². The number of rotatable bonds is 9. The molecule has 2 rings (SSSR count). The predicted molar refractivity (Wildman–Crippen MR) is 95.0 cm³/mol. The Bertz CT molecular complexity index is 546. The average molecular weight is 375 g/mol. The third-order valence-corrected chi connectivity index (χ3v) is 6.60. The fraction of sp³-hybridized carbons (Fsp3) is 0.714. The molecule has 0 radical (unpaired) electrons. The van der Waals surface area contributed by atoms with Gasteiger partial charge in [-0.25, -0.2) is 0 Å². The van der Waals surface area contributed by atoms with Crippen LogP contribution in [0.5, 0.6) is 0 Å². The summed E-state index contributed by atoms with van der Waals surface area (Å²) in [6, 6.07) is 0.323. The van der Waals surface area contributed by atoms with Crippen LogP contribution in [0, 0.1) is 5.92 Å². The molecule has 1 N–H and O–H groups in total. The highest BCUT2D eigenvalue weighted by Crippen LogP contribution is 2.29. The number of hydrogen-bond acceptors (Lipinski definition) is 7. The fourth-order valence-corrected chi connectivity index (χ4v) is 4.53. The Labute approximate surface area is 149 Å². The zero-order valence-electron chi connectivity index (χ0n) is 13.6. The van der Waals surface area contributed by atoms with E-state index in [1.807, 2.05) is 0 Å². The van der Waals surface area contributed by atoms with Gasteiger partial charge < -0.3 is 10.2 Å². The Morgan fingerprint density at radius 2 is 1.96 bits per heavy atom. The first-order chi connectivity index (χ1) is 10.9. The molecule has 1 aromatic heterocycles. The smallest absolute Gasteiger partial charge is 0.239 e. The van der Waals surface area contributed by atoms with Gasteiger partial charge in [-0.05, 0) is 18.8 Å². The predicted octanol–water partition coefficient (Wildman–Crippen LogP) is 2.12. The van der Waals surface area contributed by atoms with E-state index in [2.05, 4.69) is 29.4 Å². The zero-order valence-corrected chi connectivity index (χ0v) is 16.0. The molecule has 1 fully saturated rings. The summed E-state index contributed by atoms with van der Waals surface area (Å²) in [5.41, 5.74) is 0. The lowest BCUT2D eigenvalue weighted by atomic mass is 10.3. The van der Waals surface area contributed by atoms with Gasteiger partial charge in [0, 0.05) is 18.8 Å². The molecule has 0 bridgehead atoms. The summed E-state index contributed by atoms with van der Waals surface area (Å²) in [6.45, 7) is 4.44. The second kappa shape index (κ2) is 8.89. The van der Waals surface area contributed by atoms with Gasteiger partial charge >= 0.3 is 0 Å². The number of carbonyl (C=O) groups is 2. The summed E-state index contributed by atoms with van der Waals surface area (Å²) in [4.78, 5) is 25.2. The molecule has 1 heterocycles. The van der Waals surface area contributed by atoms with Crippen molar-refractivity contribution in [1.29, 1.82) is 0 Å². The Morgan fingerprint density at radius 3 is 2.57 bits per heavy atom. The number of likely N-dealkylation sites (N-methyl/N-ethyl adjacent to an activating group) is 1. The molecule has 6 nitrogen and oxygen atoms in total. The molecule has 0 aliphatic heterocycles. The standard InChI is InChI=1S/C14H22N4O2S3/c1-9(2)7-21-13-16-17-14(23-13)22-8-12(20)18(3)6-11(19)15-10-4-5-10/h9-10H,4-8H2,1-3H3,(H,15,19). The van der Waals surface area contributed by atoms with Gasteiger partial charge in [-0.2, -0.15) is 0 Å². The van der Waals surface area contributed by atoms with Crippen LogP contribution in [0.1, 0.15) is 26.7 Å². The van der Waals surface area contributed by atoms with E-state index >= 15 is 0 Å². The highest BCUT2D eigenvalue weighted by atomic mass is 32.2. The molecule has 1 saturated carbocycles. The van der Waals surface area contributed by atoms with Crippen LogP contribution in [0.4, 0.5) is 0 Å². The van der Waals surface area contributed by atoms with Crippen LogP contribution in [-0.4, -0.2) is 58.1 Å². The van der Waals surface area contributed by atoms with E-state index in [4.69, 9.17) is 0 Å². The lowest BCUT2D eigenvalue weighted by Crippen LogP contribution is -2.39. The van der Waals surface area contributed by atoms with Crippen molar-refractivity contribution in [3.8, 4) is 0 Å². The quantitative estimate of drug-likeness (QED) is 0.667. The van der Waals surface area contributed by atoms with Gasteiger partial charge in [0.2, 0.25) is 11.8 Å². The Balaban J connectivity index is 1.69. The number of nitrogens with zero attached hydrogens (tertiary/aromatic N) is 3. The fourth-order valence-electron chi connectivity index (χ4n) is 1.59. The highest BCUT2D eigenvalue weighted by Gasteiger charge is 2.24. The van der Waals surface area contributed by atoms with E-state index in [-0.39, 0.29) is 24.1 Å². The summed E-state index contributed by atoms with van der Waals surface area (Å²) in [5.74, 6) is 1.73. The monoisotopic (exact) mass is 374 g/mol. The molecular weight excluding hydrogens is 352 g/mol. The minimum Gasteiger partial charge on any atom is -0.352 e. The Hall–Kier alpha value is -0.800. The zero-order chi connectivity index (χ0) is 16.8. The molecule has 128 valence electrons. The summed E-state index contributed by atoms with van der Waals surface area (Å²) in [7, 11) is 1.65. The molecule has 1 aromatic rings. The van der Waals surface area contributed by atoms with E-state index in [0.29, 0.717) is 12.0 Å². The van der Waals surface area contributed by atoms with E-state index in [9.17, 15) is 9.59 Å². The maximum atomic E-state index is 12.1. The number of hydrogen-bond donors (Lipinski definition) is 1. The number of carbonyl (C=O) groups excluding carboxylic acids is 2. The Kier molecular flexibility index (Phi) is 7.16. The molecule has 23 heavy (non-hydrogen) atoms. The summed E-state index contributed by atoms with van der Waals surface area (Å²) in [6.07, 6.45) is 2.10. The number of amides is 2. The van der Waals surface area contributed by atoms with Crippen LogP contribution in [0.25, 0.3) is 0 Å². The maximum Gasteiger partial charge on any atom is 0.239 e. The lowest BCUT2D eigenvalue weighted by molar-refractivity contribution is -0.132. The van der Waals surface area contributed by atoms with Crippen molar-refractivity contribution >= 4 is 46.7 Å². The Morgan fingerprint density at radius 1 is 1.30 bits per heavy atom. The van der Waals surface area contributed by atoms with Gasteiger partial charge in [-0.3, -0.25) is 9.59 Å². The molecule has 1 aliphatic rings. The van der Waals surface area contributed by atoms with Crippen LogP contribution in [-0.2, 0) is 9.59 Å². The van der Waals surface area contributed by atoms with E-state index in [1.54, 1.807) is 18.8 Å². The lowest BCUT2D eigenvalue weighted by Gasteiger charge is -2.16. The summed E-state index contributed by atoms with van der Waals surface area (Å²) >= 11 is 4.58. The van der Waals surface area contributed by atoms with Crippen molar-refractivity contribution in [3.05, 3.63) is 0 Å². The van der Waals surface area contributed by atoms with Crippen molar-refractivity contribution in [2.45, 2.75) is 41.4 Å². The van der Waals surface area contributed by atoms with Gasteiger partial charge in [0.1, 0.15) is 0 Å². The summed E-state index contributed by atoms with van der Waals surface area (Å²) in [5, 5.41) is 11.1. The molecule has 0 aromatic carbocycles. The molecule has 0 unspecified atom stereocenters.